The van der Waals surface area contributed by atoms with Crippen molar-refractivity contribution in [2.24, 2.45) is 5.92 Å². The van der Waals surface area contributed by atoms with Crippen molar-refractivity contribution in [1.29, 1.82) is 0 Å². The monoisotopic (exact) mass is 398 g/mol. The van der Waals surface area contributed by atoms with E-state index in [1.807, 2.05) is 12.1 Å². The van der Waals surface area contributed by atoms with E-state index in [1.54, 1.807) is 36.4 Å². The summed E-state index contributed by atoms with van der Waals surface area (Å²) >= 11 is 0. The minimum absolute atomic E-state index is 0.394. The number of epoxide rings is 1. The molecule has 0 aromatic heterocycles. The predicted octanol–water partition coefficient (Wildman–Crippen LogP) is 5.28. The Morgan fingerprint density at radius 3 is 2.28 bits per heavy atom. The van der Waals surface area contributed by atoms with Gasteiger partial charge in [0.2, 0.25) is 0 Å². The molecule has 1 heterocycles. The molecule has 5 nitrogen and oxygen atoms in total. The quantitative estimate of drug-likeness (QED) is 0.211. The number of carbonyl (C=O) groups is 1. The molecule has 0 aliphatic carbocycles. The summed E-state index contributed by atoms with van der Waals surface area (Å²) in [6.45, 7) is 6.54. The second-order valence-electron chi connectivity index (χ2n) is 7.51. The van der Waals surface area contributed by atoms with Gasteiger partial charge in [-0.2, -0.15) is 0 Å². The summed E-state index contributed by atoms with van der Waals surface area (Å²) in [5.41, 5.74) is 0.487. The number of esters is 1. The highest BCUT2D eigenvalue weighted by Gasteiger charge is 2.20. The molecule has 1 aliphatic heterocycles. The Balaban J connectivity index is 1.41. The van der Waals surface area contributed by atoms with Crippen molar-refractivity contribution in [3.8, 4) is 17.2 Å². The first-order valence-corrected chi connectivity index (χ1v) is 10.4. The van der Waals surface area contributed by atoms with E-state index < -0.39 is 5.97 Å². The Bertz CT molecular complexity index is 750. The van der Waals surface area contributed by atoms with Gasteiger partial charge in [0, 0.05) is 0 Å². The van der Waals surface area contributed by atoms with E-state index in [1.165, 1.54) is 0 Å². The van der Waals surface area contributed by atoms with E-state index in [4.69, 9.17) is 18.9 Å². The molecule has 156 valence electrons. The number of ether oxygens (including phenoxy) is 4. The maximum Gasteiger partial charge on any atom is 0.343 e. The molecule has 0 saturated carbocycles. The summed E-state index contributed by atoms with van der Waals surface area (Å²) in [5.74, 6) is 2.13. The van der Waals surface area contributed by atoms with Crippen LogP contribution in [0.1, 0.15) is 49.9 Å². The lowest BCUT2D eigenvalue weighted by Crippen LogP contribution is -2.09. The SMILES string of the molecule is CC[C@H](C)COc1ccc(C(=O)Oc2ccc(OCCCCC3CO3)cc2)cc1. The fourth-order valence-corrected chi connectivity index (χ4v) is 2.71. The molecule has 3 rings (SSSR count). The van der Waals surface area contributed by atoms with Crippen molar-refractivity contribution in [1.82, 2.24) is 0 Å². The molecule has 2 aromatic rings. The molecule has 0 N–H and O–H groups in total. The van der Waals surface area contributed by atoms with Crippen LogP contribution in [-0.2, 0) is 4.74 Å². The van der Waals surface area contributed by atoms with Crippen molar-refractivity contribution in [3.63, 3.8) is 0 Å². The Morgan fingerprint density at radius 2 is 1.62 bits per heavy atom. The van der Waals surface area contributed by atoms with Gasteiger partial charge in [-0.05, 0) is 73.7 Å². The molecule has 1 unspecified atom stereocenters. The van der Waals surface area contributed by atoms with E-state index >= 15 is 0 Å². The molecular weight excluding hydrogens is 368 g/mol. The van der Waals surface area contributed by atoms with Crippen LogP contribution in [0.4, 0.5) is 0 Å². The van der Waals surface area contributed by atoms with Crippen LogP contribution in [0, 0.1) is 5.92 Å². The van der Waals surface area contributed by atoms with Crippen LogP contribution in [-0.4, -0.2) is 31.9 Å². The van der Waals surface area contributed by atoms with Gasteiger partial charge in [0.15, 0.2) is 0 Å². The van der Waals surface area contributed by atoms with E-state index in [2.05, 4.69) is 13.8 Å². The average molecular weight is 398 g/mol. The smallest absolute Gasteiger partial charge is 0.343 e. The van der Waals surface area contributed by atoms with Crippen molar-refractivity contribution in [2.75, 3.05) is 19.8 Å². The topological polar surface area (TPSA) is 57.3 Å². The van der Waals surface area contributed by atoms with Crippen LogP contribution in [0.3, 0.4) is 0 Å². The number of rotatable bonds is 12. The molecule has 2 aromatic carbocycles. The average Bonchev–Trinajstić information content (AvgIpc) is 3.57. The normalized spacial score (nSPS) is 16.1. The van der Waals surface area contributed by atoms with E-state index in [-0.39, 0.29) is 0 Å². The fourth-order valence-electron chi connectivity index (χ4n) is 2.71. The zero-order chi connectivity index (χ0) is 20.5. The molecule has 0 spiro atoms. The van der Waals surface area contributed by atoms with Crippen molar-refractivity contribution < 1.29 is 23.7 Å². The Hall–Kier alpha value is -2.53. The minimum atomic E-state index is -0.394. The van der Waals surface area contributed by atoms with Crippen LogP contribution >= 0.6 is 0 Å². The van der Waals surface area contributed by atoms with Gasteiger partial charge in [0.05, 0.1) is 31.5 Å². The summed E-state index contributed by atoms with van der Waals surface area (Å²) in [4.78, 5) is 12.3. The summed E-state index contributed by atoms with van der Waals surface area (Å²) in [7, 11) is 0. The van der Waals surface area contributed by atoms with Crippen LogP contribution in [0.25, 0.3) is 0 Å². The summed E-state index contributed by atoms with van der Waals surface area (Å²) < 4.78 is 22.1. The van der Waals surface area contributed by atoms with Gasteiger partial charge in [-0.25, -0.2) is 4.79 Å². The largest absolute Gasteiger partial charge is 0.494 e. The molecule has 1 saturated heterocycles. The zero-order valence-electron chi connectivity index (χ0n) is 17.3. The Morgan fingerprint density at radius 1 is 1.00 bits per heavy atom. The third kappa shape index (κ3) is 7.42. The Labute approximate surface area is 172 Å². The van der Waals surface area contributed by atoms with Crippen molar-refractivity contribution >= 4 is 5.97 Å². The predicted molar refractivity (Wildman–Crippen MR) is 112 cm³/mol. The van der Waals surface area contributed by atoms with Crippen LogP contribution in [0.5, 0.6) is 17.2 Å². The summed E-state index contributed by atoms with van der Waals surface area (Å²) in [6, 6.07) is 14.2. The van der Waals surface area contributed by atoms with Crippen LogP contribution < -0.4 is 14.2 Å². The molecule has 0 amide bonds. The van der Waals surface area contributed by atoms with Gasteiger partial charge in [-0.15, -0.1) is 0 Å². The lowest BCUT2D eigenvalue weighted by Gasteiger charge is -2.11. The number of hydrogen-bond acceptors (Lipinski definition) is 5. The third-order valence-electron chi connectivity index (χ3n) is 4.95. The van der Waals surface area contributed by atoms with Crippen molar-refractivity contribution in [3.05, 3.63) is 54.1 Å². The van der Waals surface area contributed by atoms with E-state index in [9.17, 15) is 4.79 Å². The standard InChI is InChI=1S/C24H30O5/c1-3-18(2)16-27-21-9-7-19(8-10-21)24(25)29-22-13-11-20(12-14-22)26-15-5-4-6-23-17-28-23/h7-14,18,23H,3-6,15-17H2,1-2H3/t18-,23?/m0/s1. The molecule has 1 aliphatic rings. The molecule has 1 fully saturated rings. The second-order valence-corrected chi connectivity index (χ2v) is 7.51. The van der Waals surface area contributed by atoms with Gasteiger partial charge in [0.1, 0.15) is 17.2 Å². The lowest BCUT2D eigenvalue weighted by atomic mass is 10.1. The molecule has 5 heteroatoms. The number of carbonyl (C=O) groups excluding carboxylic acids is 1. The van der Waals surface area contributed by atoms with Gasteiger partial charge >= 0.3 is 5.97 Å². The lowest BCUT2D eigenvalue weighted by molar-refractivity contribution is 0.0734. The van der Waals surface area contributed by atoms with E-state index in [0.29, 0.717) is 36.5 Å². The first kappa shape index (κ1) is 21.2. The summed E-state index contributed by atoms with van der Waals surface area (Å²) in [6.07, 6.45) is 4.79. The van der Waals surface area contributed by atoms with Crippen LogP contribution in [0.2, 0.25) is 0 Å². The minimum Gasteiger partial charge on any atom is -0.494 e. The van der Waals surface area contributed by atoms with Gasteiger partial charge in [0.25, 0.3) is 0 Å². The maximum absolute atomic E-state index is 12.3. The first-order chi connectivity index (χ1) is 14.1. The van der Waals surface area contributed by atoms with Gasteiger partial charge in [-0.3, -0.25) is 0 Å². The van der Waals surface area contributed by atoms with Gasteiger partial charge < -0.3 is 18.9 Å². The molecule has 2 atom stereocenters. The highest BCUT2D eigenvalue weighted by atomic mass is 16.6. The molecular formula is C24H30O5. The number of unbranched alkanes of at least 4 members (excludes halogenated alkanes) is 1. The van der Waals surface area contributed by atoms with Crippen LogP contribution in [0.15, 0.2) is 48.5 Å². The third-order valence-corrected chi connectivity index (χ3v) is 4.95. The number of hydrogen-bond donors (Lipinski definition) is 0. The number of benzene rings is 2. The van der Waals surface area contributed by atoms with E-state index in [0.717, 1.165) is 43.8 Å². The van der Waals surface area contributed by atoms with Crippen molar-refractivity contribution in [2.45, 2.75) is 45.6 Å². The maximum atomic E-state index is 12.3. The molecule has 0 bridgehead atoms. The highest BCUT2D eigenvalue weighted by molar-refractivity contribution is 5.91. The Kier molecular flexibility index (Phi) is 7.94. The zero-order valence-corrected chi connectivity index (χ0v) is 17.3. The molecule has 29 heavy (non-hydrogen) atoms. The highest BCUT2D eigenvalue weighted by Crippen LogP contribution is 2.21. The first-order valence-electron chi connectivity index (χ1n) is 10.4. The molecule has 0 radical (unpaired) electrons. The van der Waals surface area contributed by atoms with Gasteiger partial charge in [-0.1, -0.05) is 20.3 Å². The fraction of sp³-hybridized carbons (Fsp3) is 0.458. The summed E-state index contributed by atoms with van der Waals surface area (Å²) in [5, 5.41) is 0. The second kappa shape index (κ2) is 10.9.